The average molecular weight is 371 g/mol. The molecule has 3 rings (SSSR count). The lowest BCUT2D eigenvalue weighted by atomic mass is 10.1. The smallest absolute Gasteiger partial charge is 0.336 e. The van der Waals surface area contributed by atoms with Crippen LogP contribution in [0.25, 0.3) is 11.0 Å². The standard InChI is InChI=1S/C16H15ClO6S/c1-9-4-14-12(6-13(9)17)11(5-15(18)23-14)7-22-16(19)10-2-3-24(20,21)8-10/h4-6,10H,2-3,7-8H2,1H3/t10-/m1/s1. The third-order valence-corrected chi connectivity index (χ3v) is 6.22. The van der Waals surface area contributed by atoms with Crippen LogP contribution in [0.2, 0.25) is 5.02 Å². The second-order valence-corrected chi connectivity index (χ2v) is 8.53. The van der Waals surface area contributed by atoms with Crippen molar-refractivity contribution in [3.8, 4) is 0 Å². The van der Waals surface area contributed by atoms with E-state index < -0.39 is 27.4 Å². The summed E-state index contributed by atoms with van der Waals surface area (Å²) >= 11 is 6.10. The number of hydrogen-bond acceptors (Lipinski definition) is 6. The van der Waals surface area contributed by atoms with Crippen LogP contribution in [-0.2, 0) is 26.0 Å². The summed E-state index contributed by atoms with van der Waals surface area (Å²) in [5.74, 6) is -1.41. The van der Waals surface area contributed by atoms with Crippen LogP contribution in [0.3, 0.4) is 0 Å². The van der Waals surface area contributed by atoms with Gasteiger partial charge >= 0.3 is 11.6 Å². The number of benzene rings is 1. The molecule has 1 aromatic heterocycles. The van der Waals surface area contributed by atoms with Gasteiger partial charge in [0.05, 0.1) is 17.4 Å². The van der Waals surface area contributed by atoms with Crippen molar-refractivity contribution in [1.29, 1.82) is 0 Å². The van der Waals surface area contributed by atoms with E-state index in [1.807, 2.05) is 0 Å². The summed E-state index contributed by atoms with van der Waals surface area (Å²) in [5, 5.41) is 1.09. The van der Waals surface area contributed by atoms with Gasteiger partial charge in [0.15, 0.2) is 9.84 Å². The maximum absolute atomic E-state index is 12.0. The first kappa shape index (κ1) is 17.0. The molecule has 0 bridgehead atoms. The number of hydrogen-bond donors (Lipinski definition) is 0. The van der Waals surface area contributed by atoms with E-state index >= 15 is 0 Å². The highest BCUT2D eigenvalue weighted by Crippen LogP contribution is 2.26. The van der Waals surface area contributed by atoms with Crippen LogP contribution in [0.15, 0.2) is 27.4 Å². The van der Waals surface area contributed by atoms with Crippen molar-refractivity contribution in [2.45, 2.75) is 20.0 Å². The summed E-state index contributed by atoms with van der Waals surface area (Å²) in [6.07, 6.45) is 0.268. The molecule has 1 aliphatic rings. The number of carbonyl (C=O) groups is 1. The van der Waals surface area contributed by atoms with Gasteiger partial charge in [-0.3, -0.25) is 4.79 Å². The Kier molecular flexibility index (Phi) is 4.40. The van der Waals surface area contributed by atoms with Crippen LogP contribution < -0.4 is 5.63 Å². The zero-order valence-electron chi connectivity index (χ0n) is 12.9. The second-order valence-electron chi connectivity index (χ2n) is 5.90. The van der Waals surface area contributed by atoms with Gasteiger partial charge in [0.2, 0.25) is 0 Å². The summed E-state index contributed by atoms with van der Waals surface area (Å²) in [4.78, 5) is 23.7. The highest BCUT2D eigenvalue weighted by molar-refractivity contribution is 7.91. The van der Waals surface area contributed by atoms with E-state index in [2.05, 4.69) is 0 Å². The third-order valence-electron chi connectivity index (χ3n) is 4.05. The minimum Gasteiger partial charge on any atom is -0.461 e. The highest BCUT2D eigenvalue weighted by atomic mass is 35.5. The Morgan fingerprint density at radius 2 is 2.12 bits per heavy atom. The van der Waals surface area contributed by atoms with Gasteiger partial charge in [-0.05, 0) is 31.0 Å². The number of aryl methyl sites for hydroxylation is 1. The Bertz CT molecular complexity index is 976. The van der Waals surface area contributed by atoms with Crippen molar-refractivity contribution in [2.24, 2.45) is 5.92 Å². The Balaban J connectivity index is 1.84. The van der Waals surface area contributed by atoms with Crippen LogP contribution in [-0.4, -0.2) is 25.9 Å². The molecule has 1 aromatic carbocycles. The third kappa shape index (κ3) is 3.47. The number of fused-ring (bicyclic) bond motifs is 1. The molecule has 8 heteroatoms. The number of sulfone groups is 1. The number of esters is 1. The molecule has 1 aliphatic heterocycles. The highest BCUT2D eigenvalue weighted by Gasteiger charge is 2.34. The van der Waals surface area contributed by atoms with Crippen LogP contribution >= 0.6 is 11.6 Å². The molecular formula is C16H15ClO6S. The molecule has 24 heavy (non-hydrogen) atoms. The maximum Gasteiger partial charge on any atom is 0.336 e. The molecule has 6 nitrogen and oxygen atoms in total. The lowest BCUT2D eigenvalue weighted by Crippen LogP contribution is -2.19. The van der Waals surface area contributed by atoms with Gasteiger partial charge in [-0.1, -0.05) is 11.6 Å². The first-order valence-electron chi connectivity index (χ1n) is 7.35. The Morgan fingerprint density at radius 1 is 1.38 bits per heavy atom. The fraction of sp³-hybridized carbons (Fsp3) is 0.375. The second kappa shape index (κ2) is 6.22. The van der Waals surface area contributed by atoms with Crippen LogP contribution in [0.4, 0.5) is 0 Å². The quantitative estimate of drug-likeness (QED) is 0.607. The van der Waals surface area contributed by atoms with Crippen molar-refractivity contribution in [1.82, 2.24) is 0 Å². The minimum atomic E-state index is -3.16. The summed E-state index contributed by atoms with van der Waals surface area (Å²) in [5.41, 5.74) is 1.03. The van der Waals surface area contributed by atoms with E-state index in [0.717, 1.165) is 5.56 Å². The molecule has 1 fully saturated rings. The fourth-order valence-corrected chi connectivity index (χ4v) is 4.61. The van der Waals surface area contributed by atoms with E-state index in [0.29, 0.717) is 21.6 Å². The van der Waals surface area contributed by atoms with E-state index in [9.17, 15) is 18.0 Å². The molecule has 0 radical (unpaired) electrons. The average Bonchev–Trinajstić information content (AvgIpc) is 2.86. The van der Waals surface area contributed by atoms with Gasteiger partial charge in [-0.2, -0.15) is 0 Å². The largest absolute Gasteiger partial charge is 0.461 e. The van der Waals surface area contributed by atoms with E-state index in [4.69, 9.17) is 20.8 Å². The predicted octanol–water partition coefficient (Wildman–Crippen LogP) is 2.23. The molecule has 0 spiro atoms. The number of rotatable bonds is 3. The minimum absolute atomic E-state index is 0.000489. The topological polar surface area (TPSA) is 90.7 Å². The van der Waals surface area contributed by atoms with Gasteiger partial charge in [0.25, 0.3) is 0 Å². The van der Waals surface area contributed by atoms with Crippen molar-refractivity contribution in [3.05, 3.63) is 44.8 Å². The Morgan fingerprint density at radius 3 is 2.79 bits per heavy atom. The molecule has 0 N–H and O–H groups in total. The lowest BCUT2D eigenvalue weighted by molar-refractivity contribution is -0.148. The van der Waals surface area contributed by atoms with Crippen molar-refractivity contribution < 1.29 is 22.4 Å². The molecular weight excluding hydrogens is 356 g/mol. The molecule has 0 aliphatic carbocycles. The van der Waals surface area contributed by atoms with Crippen molar-refractivity contribution in [2.75, 3.05) is 11.5 Å². The summed E-state index contributed by atoms with van der Waals surface area (Å²) in [6, 6.07) is 4.54. The molecule has 0 saturated carbocycles. The SMILES string of the molecule is Cc1cc2oc(=O)cc(COC(=O)[C@@H]3CCS(=O)(=O)C3)c2cc1Cl. The normalized spacial score (nSPS) is 19.5. The number of ether oxygens (including phenoxy) is 1. The molecule has 2 heterocycles. The molecule has 0 unspecified atom stereocenters. The summed E-state index contributed by atoms with van der Waals surface area (Å²) in [6.45, 7) is 1.64. The zero-order valence-corrected chi connectivity index (χ0v) is 14.4. The van der Waals surface area contributed by atoms with Gasteiger partial charge in [0, 0.05) is 22.0 Å². The van der Waals surface area contributed by atoms with Gasteiger partial charge in [-0.25, -0.2) is 13.2 Å². The molecule has 128 valence electrons. The van der Waals surface area contributed by atoms with E-state index in [-0.39, 0.29) is 24.5 Å². The first-order chi connectivity index (χ1) is 11.2. The number of carbonyl (C=O) groups excluding carboxylic acids is 1. The fourth-order valence-electron chi connectivity index (χ4n) is 2.72. The molecule has 1 saturated heterocycles. The van der Waals surface area contributed by atoms with Gasteiger partial charge in [0.1, 0.15) is 12.2 Å². The van der Waals surface area contributed by atoms with Crippen molar-refractivity contribution in [3.63, 3.8) is 0 Å². The molecule has 0 amide bonds. The monoisotopic (exact) mass is 370 g/mol. The lowest BCUT2D eigenvalue weighted by Gasteiger charge is -2.11. The zero-order chi connectivity index (χ0) is 17.5. The maximum atomic E-state index is 12.0. The number of halogens is 1. The van der Waals surface area contributed by atoms with E-state index in [1.165, 1.54) is 6.07 Å². The molecule has 2 aromatic rings. The van der Waals surface area contributed by atoms with E-state index in [1.54, 1.807) is 19.1 Å². The first-order valence-corrected chi connectivity index (χ1v) is 9.55. The Labute approximate surface area is 143 Å². The molecule has 1 atom stereocenters. The van der Waals surface area contributed by atoms with Gasteiger partial charge in [-0.15, -0.1) is 0 Å². The van der Waals surface area contributed by atoms with Crippen LogP contribution in [0.1, 0.15) is 17.5 Å². The van der Waals surface area contributed by atoms with Crippen LogP contribution in [0, 0.1) is 12.8 Å². The predicted molar refractivity (Wildman–Crippen MR) is 88.8 cm³/mol. The Hall–Kier alpha value is -1.86. The van der Waals surface area contributed by atoms with Crippen LogP contribution in [0.5, 0.6) is 0 Å². The van der Waals surface area contributed by atoms with Gasteiger partial charge < -0.3 is 9.15 Å². The summed E-state index contributed by atoms with van der Waals surface area (Å²) < 4.78 is 33.2. The van der Waals surface area contributed by atoms with Crippen molar-refractivity contribution >= 4 is 38.4 Å². The summed E-state index contributed by atoms with van der Waals surface area (Å²) in [7, 11) is -3.16.